The lowest BCUT2D eigenvalue weighted by molar-refractivity contribution is 0.0976. The number of halogens is 2. The second kappa shape index (κ2) is 9.51. The largest absolute Gasteiger partial charge is 0.326 e. The van der Waals surface area contributed by atoms with Crippen molar-refractivity contribution in [2.45, 2.75) is 40.8 Å². The van der Waals surface area contributed by atoms with Gasteiger partial charge in [-0.05, 0) is 58.0 Å². The van der Waals surface area contributed by atoms with Crippen LogP contribution < -0.4 is 10.6 Å². The number of anilines is 1. The number of carbonyl (C=O) groups excluding carboxylic acids is 1. The minimum Gasteiger partial charge on any atom is -0.326 e. The third-order valence-corrected chi connectivity index (χ3v) is 4.95. The zero-order chi connectivity index (χ0) is 22.5. The number of carbonyl (C=O) groups is 1. The maximum absolute atomic E-state index is 13.5. The van der Waals surface area contributed by atoms with E-state index in [0.717, 1.165) is 46.9 Å². The molecule has 6 nitrogen and oxygen atoms in total. The van der Waals surface area contributed by atoms with Crippen molar-refractivity contribution in [2.75, 3.05) is 5.32 Å². The number of guanidine groups is 1. The Morgan fingerprint density at radius 2 is 1.77 bits per heavy atom. The molecule has 0 saturated carbocycles. The number of nitrogens with zero attached hydrogens (tertiary/aromatic N) is 3. The highest BCUT2D eigenvalue weighted by molar-refractivity contribution is 6.09. The number of rotatable bonds is 5. The summed E-state index contributed by atoms with van der Waals surface area (Å²) in [5.41, 5.74) is 4.64. The van der Waals surface area contributed by atoms with Crippen LogP contribution in [0.1, 0.15) is 39.8 Å². The van der Waals surface area contributed by atoms with Crippen LogP contribution in [0.4, 0.5) is 14.5 Å². The van der Waals surface area contributed by atoms with Gasteiger partial charge >= 0.3 is 0 Å². The Kier molecular flexibility index (Phi) is 6.79. The van der Waals surface area contributed by atoms with Gasteiger partial charge in [0.25, 0.3) is 5.91 Å². The molecule has 0 spiro atoms. The molecule has 1 aromatic heterocycles. The summed E-state index contributed by atoms with van der Waals surface area (Å²) in [4.78, 5) is 17.2. The summed E-state index contributed by atoms with van der Waals surface area (Å²) in [5, 5.41) is 10.2. The number of hydrogen-bond donors (Lipinski definition) is 2. The maximum Gasteiger partial charge on any atom is 0.258 e. The van der Waals surface area contributed by atoms with Crippen LogP contribution in [0.25, 0.3) is 0 Å². The first kappa shape index (κ1) is 22.1. The van der Waals surface area contributed by atoms with Crippen LogP contribution in [-0.4, -0.2) is 21.6 Å². The number of aryl methyl sites for hydroxylation is 3. The first-order chi connectivity index (χ1) is 14.8. The van der Waals surface area contributed by atoms with Crippen molar-refractivity contribution in [3.63, 3.8) is 0 Å². The minimum absolute atomic E-state index is 0.0107. The highest BCUT2D eigenvalue weighted by Crippen LogP contribution is 2.15. The third-order valence-electron chi connectivity index (χ3n) is 4.95. The Bertz CT molecular complexity index is 1120. The van der Waals surface area contributed by atoms with E-state index in [0.29, 0.717) is 6.54 Å². The van der Waals surface area contributed by atoms with Gasteiger partial charge in [0.1, 0.15) is 0 Å². The van der Waals surface area contributed by atoms with Crippen LogP contribution in [-0.2, 0) is 13.1 Å². The van der Waals surface area contributed by atoms with E-state index >= 15 is 0 Å². The highest BCUT2D eigenvalue weighted by Gasteiger charge is 2.14. The summed E-state index contributed by atoms with van der Waals surface area (Å²) < 4.78 is 28.7. The average Bonchev–Trinajstić information content (AvgIpc) is 3.02. The molecular formula is C23H25F2N5O. The molecule has 3 rings (SSSR count). The predicted octanol–water partition coefficient (Wildman–Crippen LogP) is 4.50. The molecule has 0 atom stereocenters. The van der Waals surface area contributed by atoms with E-state index in [1.54, 1.807) is 0 Å². The van der Waals surface area contributed by atoms with Gasteiger partial charge in [-0.15, -0.1) is 0 Å². The molecule has 0 radical (unpaired) electrons. The van der Waals surface area contributed by atoms with E-state index < -0.39 is 17.5 Å². The van der Waals surface area contributed by atoms with E-state index in [2.05, 4.69) is 20.7 Å². The van der Waals surface area contributed by atoms with Crippen LogP contribution in [0.5, 0.6) is 0 Å². The third kappa shape index (κ3) is 5.33. The molecule has 0 aliphatic carbocycles. The number of aliphatic imine (C=N–C) groups is 1. The van der Waals surface area contributed by atoms with Gasteiger partial charge in [0.15, 0.2) is 11.6 Å². The lowest BCUT2D eigenvalue weighted by Crippen LogP contribution is -2.36. The first-order valence-corrected chi connectivity index (χ1v) is 9.96. The number of aromatic nitrogens is 2. The molecule has 2 N–H and O–H groups in total. The second-order valence-corrected chi connectivity index (χ2v) is 7.20. The number of benzene rings is 2. The monoisotopic (exact) mass is 425 g/mol. The summed E-state index contributed by atoms with van der Waals surface area (Å²) in [6.07, 6.45) is 0. The molecule has 0 aliphatic rings. The molecule has 2 aromatic carbocycles. The molecule has 0 saturated heterocycles. The fraction of sp³-hybridized carbons (Fsp3) is 0.261. The Hall–Kier alpha value is -3.55. The molecule has 0 unspecified atom stereocenters. The summed E-state index contributed by atoms with van der Waals surface area (Å²) in [6.45, 7) is 8.92. The van der Waals surface area contributed by atoms with Gasteiger partial charge in [-0.2, -0.15) is 5.10 Å². The van der Waals surface area contributed by atoms with Gasteiger partial charge in [0.2, 0.25) is 5.96 Å². The molecule has 3 aromatic rings. The minimum atomic E-state index is -1.09. The Morgan fingerprint density at radius 3 is 2.39 bits per heavy atom. The topological polar surface area (TPSA) is 71.3 Å². The van der Waals surface area contributed by atoms with Crippen LogP contribution >= 0.6 is 0 Å². The van der Waals surface area contributed by atoms with Crippen LogP contribution in [0.2, 0.25) is 0 Å². The SMILES string of the molecule is CCn1nc(C)c(CN=C(NC(=O)c2ccc(F)c(F)c2)Nc2ccc(C)cc2)c1C. The van der Waals surface area contributed by atoms with Gasteiger partial charge in [-0.25, -0.2) is 13.8 Å². The van der Waals surface area contributed by atoms with Crippen molar-refractivity contribution >= 4 is 17.6 Å². The van der Waals surface area contributed by atoms with Crippen molar-refractivity contribution in [3.8, 4) is 0 Å². The molecule has 0 bridgehead atoms. The molecule has 31 heavy (non-hydrogen) atoms. The average molecular weight is 425 g/mol. The first-order valence-electron chi connectivity index (χ1n) is 9.96. The lowest BCUT2D eigenvalue weighted by Gasteiger charge is -2.12. The van der Waals surface area contributed by atoms with Gasteiger partial charge in [0, 0.05) is 29.1 Å². The van der Waals surface area contributed by atoms with E-state index in [-0.39, 0.29) is 11.5 Å². The van der Waals surface area contributed by atoms with Gasteiger partial charge in [-0.1, -0.05) is 17.7 Å². The van der Waals surface area contributed by atoms with Gasteiger partial charge in [-0.3, -0.25) is 14.8 Å². The zero-order valence-electron chi connectivity index (χ0n) is 18.0. The Balaban J connectivity index is 1.87. The molecule has 8 heteroatoms. The van der Waals surface area contributed by atoms with E-state index in [4.69, 9.17) is 0 Å². The van der Waals surface area contributed by atoms with Crippen LogP contribution in [0.15, 0.2) is 47.5 Å². The number of amides is 1. The molecular weight excluding hydrogens is 400 g/mol. The van der Waals surface area contributed by atoms with Gasteiger partial charge in [0.05, 0.1) is 12.2 Å². The van der Waals surface area contributed by atoms with E-state index in [1.165, 1.54) is 6.07 Å². The molecule has 1 amide bonds. The van der Waals surface area contributed by atoms with Crippen molar-refractivity contribution < 1.29 is 13.6 Å². The molecule has 1 heterocycles. The second-order valence-electron chi connectivity index (χ2n) is 7.20. The fourth-order valence-electron chi connectivity index (χ4n) is 3.13. The van der Waals surface area contributed by atoms with Crippen molar-refractivity contribution in [2.24, 2.45) is 4.99 Å². The normalized spacial score (nSPS) is 11.5. The fourth-order valence-corrected chi connectivity index (χ4v) is 3.13. The highest BCUT2D eigenvalue weighted by atomic mass is 19.2. The van der Waals surface area contributed by atoms with Crippen molar-refractivity contribution in [1.29, 1.82) is 0 Å². The standard InChI is InChI=1S/C23H25F2N5O/c1-5-30-16(4)19(15(3)29-30)13-26-23(27-18-9-6-14(2)7-10-18)28-22(31)17-8-11-20(24)21(25)12-17/h6-12H,5,13H2,1-4H3,(H2,26,27,28,31). The predicted molar refractivity (Wildman–Crippen MR) is 117 cm³/mol. The van der Waals surface area contributed by atoms with E-state index in [9.17, 15) is 13.6 Å². The molecule has 162 valence electrons. The lowest BCUT2D eigenvalue weighted by atomic mass is 10.2. The van der Waals surface area contributed by atoms with Crippen LogP contribution in [0, 0.1) is 32.4 Å². The quantitative estimate of drug-likeness (QED) is 0.467. The van der Waals surface area contributed by atoms with Gasteiger partial charge < -0.3 is 5.32 Å². The smallest absolute Gasteiger partial charge is 0.258 e. The number of nitrogens with one attached hydrogen (secondary N) is 2. The van der Waals surface area contributed by atoms with Crippen LogP contribution in [0.3, 0.4) is 0 Å². The molecule has 0 aliphatic heterocycles. The number of hydrogen-bond acceptors (Lipinski definition) is 3. The van der Waals surface area contributed by atoms with Crippen molar-refractivity contribution in [1.82, 2.24) is 15.1 Å². The summed E-state index contributed by atoms with van der Waals surface area (Å²) in [5.74, 6) is -2.51. The summed E-state index contributed by atoms with van der Waals surface area (Å²) >= 11 is 0. The maximum atomic E-state index is 13.5. The summed E-state index contributed by atoms with van der Waals surface area (Å²) in [7, 11) is 0. The Morgan fingerprint density at radius 1 is 1.06 bits per heavy atom. The summed E-state index contributed by atoms with van der Waals surface area (Å²) in [6, 6.07) is 10.6. The Labute approximate surface area is 180 Å². The van der Waals surface area contributed by atoms with E-state index in [1.807, 2.05) is 56.6 Å². The zero-order valence-corrected chi connectivity index (χ0v) is 18.0. The van der Waals surface area contributed by atoms with Crippen molar-refractivity contribution in [3.05, 3.63) is 82.2 Å². The molecule has 0 fully saturated rings.